The standard InChI is InChI=1S/C38H39F2NO3/c1-4-25(2)36(41(31-13-9-6-10-14-31)35-22-17-29(38(42)43)23-26(35)3)33-21-20-32(24-34(33)40)44-37(27-11-7-5-8-12-27)28-15-18-30(39)19-16-28/h5,7-8,11-12,15-24,31,37H,4,6,9-10,13-14H2,1-3H3,(H,42,43). The third-order valence-electron chi connectivity index (χ3n) is 8.54. The fourth-order valence-electron chi connectivity index (χ4n) is 6.12. The molecule has 1 fully saturated rings. The van der Waals surface area contributed by atoms with Crippen molar-refractivity contribution in [3.8, 4) is 5.75 Å². The number of hydrogen-bond acceptors (Lipinski definition) is 3. The molecule has 44 heavy (non-hydrogen) atoms. The first-order valence-electron chi connectivity index (χ1n) is 15.4. The van der Waals surface area contributed by atoms with Crippen molar-refractivity contribution in [2.75, 3.05) is 4.90 Å². The van der Waals surface area contributed by atoms with Crippen molar-refractivity contribution in [3.05, 3.63) is 136 Å². The van der Waals surface area contributed by atoms with Crippen molar-refractivity contribution < 1.29 is 23.4 Å². The first kappa shape index (κ1) is 31.0. The second-order valence-corrected chi connectivity index (χ2v) is 11.6. The molecular formula is C38H39F2NO3. The Labute approximate surface area is 258 Å². The number of hydrogen-bond donors (Lipinski definition) is 1. The monoisotopic (exact) mass is 595 g/mol. The predicted molar refractivity (Wildman–Crippen MR) is 172 cm³/mol. The van der Waals surface area contributed by atoms with Crippen LogP contribution in [0.1, 0.15) is 91.1 Å². The van der Waals surface area contributed by atoms with E-state index in [2.05, 4.69) is 11.8 Å². The number of benzene rings is 4. The Morgan fingerprint density at radius 2 is 1.59 bits per heavy atom. The third kappa shape index (κ3) is 6.85. The van der Waals surface area contributed by atoms with Gasteiger partial charge in [-0.2, -0.15) is 0 Å². The first-order valence-corrected chi connectivity index (χ1v) is 15.4. The van der Waals surface area contributed by atoms with Crippen LogP contribution in [0.4, 0.5) is 14.5 Å². The Hall–Kier alpha value is -4.45. The van der Waals surface area contributed by atoms with Gasteiger partial charge >= 0.3 is 5.97 Å². The van der Waals surface area contributed by atoms with Gasteiger partial charge in [0, 0.05) is 23.4 Å². The molecule has 1 atom stereocenters. The number of ether oxygens (including phenoxy) is 1. The highest BCUT2D eigenvalue weighted by Crippen LogP contribution is 2.40. The third-order valence-corrected chi connectivity index (χ3v) is 8.54. The van der Waals surface area contributed by atoms with E-state index in [-0.39, 0.29) is 17.4 Å². The molecule has 0 bridgehead atoms. The maximum atomic E-state index is 16.4. The van der Waals surface area contributed by atoms with Crippen LogP contribution in [-0.2, 0) is 0 Å². The van der Waals surface area contributed by atoms with Crippen molar-refractivity contribution in [1.82, 2.24) is 0 Å². The second kappa shape index (κ2) is 13.9. The summed E-state index contributed by atoms with van der Waals surface area (Å²) in [4.78, 5) is 13.9. The summed E-state index contributed by atoms with van der Waals surface area (Å²) in [5, 5.41) is 9.58. The van der Waals surface area contributed by atoms with Gasteiger partial charge in [-0.3, -0.25) is 0 Å². The molecule has 1 aliphatic rings. The van der Waals surface area contributed by atoms with E-state index < -0.39 is 17.9 Å². The number of nitrogens with zero attached hydrogens (tertiary/aromatic N) is 1. The summed E-state index contributed by atoms with van der Waals surface area (Å²) in [6.07, 6.45) is 5.47. The Bertz CT molecular complexity index is 1630. The molecule has 0 saturated heterocycles. The Kier molecular flexibility index (Phi) is 9.78. The summed E-state index contributed by atoms with van der Waals surface area (Å²) in [6, 6.07) is 26.1. The largest absolute Gasteiger partial charge is 0.481 e. The number of carboxylic acids is 1. The minimum Gasteiger partial charge on any atom is -0.481 e. The number of carbonyl (C=O) groups is 1. The summed E-state index contributed by atoms with van der Waals surface area (Å²) in [5.41, 5.74) is 5.91. The maximum absolute atomic E-state index is 16.4. The normalized spacial score (nSPS) is 14.9. The number of halogens is 2. The van der Waals surface area contributed by atoms with Gasteiger partial charge in [0.15, 0.2) is 0 Å². The molecule has 0 amide bonds. The van der Waals surface area contributed by atoms with Gasteiger partial charge in [0.1, 0.15) is 23.5 Å². The van der Waals surface area contributed by atoms with Crippen molar-refractivity contribution in [1.29, 1.82) is 0 Å². The van der Waals surface area contributed by atoms with Gasteiger partial charge in [0.2, 0.25) is 0 Å². The first-order chi connectivity index (χ1) is 21.3. The molecule has 6 heteroatoms. The van der Waals surface area contributed by atoms with E-state index in [1.54, 1.807) is 36.4 Å². The van der Waals surface area contributed by atoms with Crippen molar-refractivity contribution in [3.63, 3.8) is 0 Å². The summed E-state index contributed by atoms with van der Waals surface area (Å²) in [5.74, 6) is -1.35. The number of aryl methyl sites for hydroxylation is 1. The van der Waals surface area contributed by atoms with Crippen LogP contribution in [-0.4, -0.2) is 17.1 Å². The zero-order valence-corrected chi connectivity index (χ0v) is 25.5. The lowest BCUT2D eigenvalue weighted by Crippen LogP contribution is -2.37. The molecule has 1 unspecified atom stereocenters. The van der Waals surface area contributed by atoms with Gasteiger partial charge in [-0.15, -0.1) is 0 Å². The fraction of sp³-hybridized carbons (Fsp3) is 0.289. The lowest BCUT2D eigenvalue weighted by Gasteiger charge is -2.40. The molecule has 0 heterocycles. The minimum atomic E-state index is -0.972. The SMILES string of the molecule is CCC(C)=C(c1ccc(OC(c2ccccc2)c2ccc(F)cc2)cc1F)N(c1ccc(C(=O)O)cc1C)C1CCCCC1. The van der Waals surface area contributed by atoms with Crippen molar-refractivity contribution in [2.45, 2.75) is 71.4 Å². The molecule has 0 spiro atoms. The summed E-state index contributed by atoms with van der Waals surface area (Å²) >= 11 is 0. The molecule has 4 aromatic rings. The predicted octanol–water partition coefficient (Wildman–Crippen LogP) is 10.1. The van der Waals surface area contributed by atoms with Gasteiger partial charge in [0.05, 0.1) is 11.3 Å². The van der Waals surface area contributed by atoms with Crippen LogP contribution in [0.3, 0.4) is 0 Å². The van der Waals surface area contributed by atoms with Gasteiger partial charge in [0.25, 0.3) is 0 Å². The molecular weight excluding hydrogens is 556 g/mol. The van der Waals surface area contributed by atoms with Crippen molar-refractivity contribution >= 4 is 17.4 Å². The van der Waals surface area contributed by atoms with Crippen LogP contribution in [0.15, 0.2) is 96.6 Å². The average molecular weight is 596 g/mol. The highest BCUT2D eigenvalue weighted by Gasteiger charge is 2.29. The lowest BCUT2D eigenvalue weighted by molar-refractivity contribution is 0.0696. The van der Waals surface area contributed by atoms with E-state index in [1.165, 1.54) is 24.6 Å². The molecule has 228 valence electrons. The Balaban J connectivity index is 1.56. The van der Waals surface area contributed by atoms with Crippen LogP contribution in [0.25, 0.3) is 5.70 Å². The molecule has 1 N–H and O–H groups in total. The van der Waals surface area contributed by atoms with Crippen LogP contribution in [0.5, 0.6) is 5.75 Å². The van der Waals surface area contributed by atoms with Gasteiger partial charge in [-0.25, -0.2) is 13.6 Å². The minimum absolute atomic E-state index is 0.158. The zero-order chi connectivity index (χ0) is 31.2. The van der Waals surface area contributed by atoms with Crippen LogP contribution >= 0.6 is 0 Å². The summed E-state index contributed by atoms with van der Waals surface area (Å²) < 4.78 is 36.5. The molecule has 0 aliphatic heterocycles. The van der Waals surface area contributed by atoms with Crippen LogP contribution in [0.2, 0.25) is 0 Å². The average Bonchev–Trinajstić information content (AvgIpc) is 3.04. The van der Waals surface area contributed by atoms with Gasteiger partial charge in [-0.05, 0) is 97.8 Å². The maximum Gasteiger partial charge on any atom is 0.335 e. The Morgan fingerprint density at radius 3 is 2.20 bits per heavy atom. The number of anilines is 1. The van der Waals surface area contributed by atoms with Gasteiger partial charge < -0.3 is 14.7 Å². The molecule has 4 aromatic carbocycles. The molecule has 1 saturated carbocycles. The highest BCUT2D eigenvalue weighted by molar-refractivity contribution is 5.90. The molecule has 0 radical (unpaired) electrons. The van der Waals surface area contributed by atoms with E-state index in [0.717, 1.165) is 65.8 Å². The van der Waals surface area contributed by atoms with E-state index in [9.17, 15) is 14.3 Å². The number of allylic oxidation sites excluding steroid dienone is 1. The van der Waals surface area contributed by atoms with E-state index in [1.807, 2.05) is 50.2 Å². The van der Waals surface area contributed by atoms with E-state index >= 15 is 4.39 Å². The molecule has 1 aliphatic carbocycles. The number of rotatable bonds is 10. The summed E-state index contributed by atoms with van der Waals surface area (Å²) in [7, 11) is 0. The smallest absolute Gasteiger partial charge is 0.335 e. The number of aromatic carboxylic acids is 1. The van der Waals surface area contributed by atoms with Crippen LogP contribution < -0.4 is 9.64 Å². The molecule has 5 rings (SSSR count). The van der Waals surface area contributed by atoms with Crippen molar-refractivity contribution in [2.24, 2.45) is 0 Å². The van der Waals surface area contributed by atoms with E-state index in [4.69, 9.17) is 4.74 Å². The molecule has 4 nitrogen and oxygen atoms in total. The zero-order valence-electron chi connectivity index (χ0n) is 25.5. The fourth-order valence-corrected chi connectivity index (χ4v) is 6.12. The summed E-state index contributed by atoms with van der Waals surface area (Å²) in [6.45, 7) is 6.02. The molecule has 0 aromatic heterocycles. The van der Waals surface area contributed by atoms with Gasteiger partial charge in [-0.1, -0.05) is 68.7 Å². The Morgan fingerprint density at radius 1 is 0.909 bits per heavy atom. The lowest BCUT2D eigenvalue weighted by atomic mass is 9.90. The quantitative estimate of drug-likeness (QED) is 0.198. The number of carboxylic acid groups (broad SMARTS) is 1. The van der Waals surface area contributed by atoms with E-state index in [0.29, 0.717) is 11.3 Å². The second-order valence-electron chi connectivity index (χ2n) is 11.6. The van der Waals surface area contributed by atoms with Crippen LogP contribution in [0, 0.1) is 18.6 Å². The highest BCUT2D eigenvalue weighted by atomic mass is 19.1. The topological polar surface area (TPSA) is 49.8 Å².